The lowest BCUT2D eigenvalue weighted by Crippen LogP contribution is -2.48. The number of aliphatic hydroxyl groups is 1. The first kappa shape index (κ1) is 17.8. The van der Waals surface area contributed by atoms with Gasteiger partial charge in [0.15, 0.2) is 0 Å². The number of likely N-dealkylation sites (N-methyl/N-ethyl adjacent to an activating group) is 2. The average molecular weight is 259 g/mol. The number of hydrogen-bond acceptors (Lipinski definition) is 4. The van der Waals surface area contributed by atoms with Gasteiger partial charge in [0.05, 0.1) is 6.10 Å². The number of β-amino-alcohol motifs (C(OH)–C–C–N with tert-alkyl or cyclic N) is 1. The van der Waals surface area contributed by atoms with Gasteiger partial charge in [-0.1, -0.05) is 6.92 Å². The molecule has 0 radical (unpaired) electrons. The molecule has 0 aliphatic carbocycles. The molecule has 18 heavy (non-hydrogen) atoms. The molecule has 2 N–H and O–H groups in total. The van der Waals surface area contributed by atoms with Gasteiger partial charge < -0.3 is 15.3 Å². The molecule has 0 aromatic heterocycles. The van der Waals surface area contributed by atoms with Gasteiger partial charge in [0.25, 0.3) is 0 Å². The normalized spacial score (nSPS) is 16.3. The Labute approximate surface area is 113 Å². The summed E-state index contributed by atoms with van der Waals surface area (Å²) in [4.78, 5) is 4.52. The molecule has 0 rings (SSSR count). The van der Waals surface area contributed by atoms with Crippen LogP contribution in [0.2, 0.25) is 0 Å². The van der Waals surface area contributed by atoms with E-state index in [1.807, 2.05) is 0 Å². The van der Waals surface area contributed by atoms with Crippen LogP contribution in [0.3, 0.4) is 0 Å². The zero-order valence-corrected chi connectivity index (χ0v) is 13.3. The smallest absolute Gasteiger partial charge is 0.0791 e. The van der Waals surface area contributed by atoms with Crippen molar-refractivity contribution in [2.24, 2.45) is 0 Å². The molecule has 0 aliphatic rings. The molecule has 110 valence electrons. The Morgan fingerprint density at radius 1 is 1.17 bits per heavy atom. The second-order valence-corrected chi connectivity index (χ2v) is 6.48. The van der Waals surface area contributed by atoms with Crippen molar-refractivity contribution in [1.82, 2.24) is 15.1 Å². The van der Waals surface area contributed by atoms with Gasteiger partial charge in [0.1, 0.15) is 0 Å². The quantitative estimate of drug-likeness (QED) is 0.682. The van der Waals surface area contributed by atoms with Crippen LogP contribution in [0.1, 0.15) is 34.6 Å². The monoisotopic (exact) mass is 259 g/mol. The molecule has 2 atom stereocenters. The number of hydrogen-bond donors (Lipinski definition) is 2. The van der Waals surface area contributed by atoms with Crippen molar-refractivity contribution in [1.29, 1.82) is 0 Å². The lowest BCUT2D eigenvalue weighted by atomic mass is 10.1. The summed E-state index contributed by atoms with van der Waals surface area (Å²) in [5.41, 5.74) is 0.0628. The van der Waals surface area contributed by atoms with Gasteiger partial charge >= 0.3 is 0 Å². The van der Waals surface area contributed by atoms with E-state index in [0.29, 0.717) is 12.6 Å². The van der Waals surface area contributed by atoms with Crippen molar-refractivity contribution >= 4 is 0 Å². The highest BCUT2D eigenvalue weighted by molar-refractivity contribution is 4.77. The summed E-state index contributed by atoms with van der Waals surface area (Å²) in [7, 11) is 4.17. The fraction of sp³-hybridized carbons (Fsp3) is 1.00. The van der Waals surface area contributed by atoms with Crippen molar-refractivity contribution in [3.63, 3.8) is 0 Å². The number of nitrogens with zero attached hydrogens (tertiary/aromatic N) is 2. The highest BCUT2D eigenvalue weighted by Crippen LogP contribution is 2.03. The van der Waals surface area contributed by atoms with E-state index in [9.17, 15) is 5.11 Å². The van der Waals surface area contributed by atoms with E-state index in [1.165, 1.54) is 0 Å². The van der Waals surface area contributed by atoms with Crippen LogP contribution >= 0.6 is 0 Å². The third-order valence-electron chi connectivity index (χ3n) is 2.97. The van der Waals surface area contributed by atoms with Gasteiger partial charge in [0.2, 0.25) is 0 Å². The second kappa shape index (κ2) is 8.10. The van der Waals surface area contributed by atoms with Crippen LogP contribution in [0.25, 0.3) is 0 Å². The minimum atomic E-state index is -0.311. The maximum absolute atomic E-state index is 10.1. The topological polar surface area (TPSA) is 38.7 Å². The van der Waals surface area contributed by atoms with Crippen molar-refractivity contribution in [3.05, 3.63) is 0 Å². The van der Waals surface area contributed by atoms with E-state index in [1.54, 1.807) is 0 Å². The van der Waals surface area contributed by atoms with Crippen molar-refractivity contribution in [2.45, 2.75) is 52.3 Å². The number of rotatable bonds is 8. The molecule has 0 fully saturated rings. The molecule has 0 saturated heterocycles. The average Bonchev–Trinajstić information content (AvgIpc) is 2.20. The summed E-state index contributed by atoms with van der Waals surface area (Å²) < 4.78 is 0. The summed E-state index contributed by atoms with van der Waals surface area (Å²) >= 11 is 0. The van der Waals surface area contributed by atoms with Crippen LogP contribution in [0.4, 0.5) is 0 Å². The molecule has 2 unspecified atom stereocenters. The predicted molar refractivity (Wildman–Crippen MR) is 79.0 cm³/mol. The van der Waals surface area contributed by atoms with Crippen molar-refractivity contribution in [3.8, 4) is 0 Å². The van der Waals surface area contributed by atoms with Gasteiger partial charge in [-0.2, -0.15) is 0 Å². The zero-order valence-electron chi connectivity index (χ0n) is 13.3. The molecular weight excluding hydrogens is 226 g/mol. The first-order valence-corrected chi connectivity index (χ1v) is 6.97. The molecular formula is C14H33N3O. The molecule has 0 heterocycles. The van der Waals surface area contributed by atoms with Gasteiger partial charge in [0, 0.05) is 31.2 Å². The molecule has 0 spiro atoms. The SMILES string of the molecule is CCN(CC(O)CNC(C)(C)C)C(C)CN(C)C. The Hall–Kier alpha value is -0.160. The van der Waals surface area contributed by atoms with E-state index in [2.05, 4.69) is 63.8 Å². The first-order chi connectivity index (χ1) is 8.15. The van der Waals surface area contributed by atoms with Gasteiger partial charge in [-0.25, -0.2) is 0 Å². The van der Waals surface area contributed by atoms with Crippen LogP contribution in [0, 0.1) is 0 Å². The summed E-state index contributed by atoms with van der Waals surface area (Å²) in [6.07, 6.45) is -0.311. The van der Waals surface area contributed by atoms with Crippen molar-refractivity contribution < 1.29 is 5.11 Å². The van der Waals surface area contributed by atoms with Gasteiger partial charge in [-0.3, -0.25) is 4.90 Å². The van der Waals surface area contributed by atoms with E-state index in [4.69, 9.17) is 0 Å². The fourth-order valence-corrected chi connectivity index (χ4v) is 2.02. The standard InChI is InChI=1S/C14H33N3O/c1-8-17(12(2)10-16(6)7)11-13(18)9-15-14(3,4)5/h12-13,15,18H,8-11H2,1-7H3. The molecule has 0 aromatic rings. The van der Waals surface area contributed by atoms with Crippen LogP contribution < -0.4 is 5.32 Å². The fourth-order valence-electron chi connectivity index (χ4n) is 2.02. The van der Waals surface area contributed by atoms with E-state index >= 15 is 0 Å². The zero-order chi connectivity index (χ0) is 14.3. The Balaban J connectivity index is 4.11. The van der Waals surface area contributed by atoms with Crippen LogP contribution in [0.5, 0.6) is 0 Å². The minimum Gasteiger partial charge on any atom is -0.390 e. The van der Waals surface area contributed by atoms with Crippen molar-refractivity contribution in [2.75, 3.05) is 40.3 Å². The molecule has 0 amide bonds. The van der Waals surface area contributed by atoms with Crippen LogP contribution in [0.15, 0.2) is 0 Å². The van der Waals surface area contributed by atoms with E-state index in [0.717, 1.165) is 19.6 Å². The molecule has 4 nitrogen and oxygen atoms in total. The Kier molecular flexibility index (Phi) is 8.03. The molecule has 0 bridgehead atoms. The first-order valence-electron chi connectivity index (χ1n) is 6.97. The maximum atomic E-state index is 10.1. The Bertz CT molecular complexity index is 214. The molecule has 0 aliphatic heterocycles. The summed E-state index contributed by atoms with van der Waals surface area (Å²) in [5.74, 6) is 0. The summed E-state index contributed by atoms with van der Waals surface area (Å²) in [5, 5.41) is 13.4. The molecule has 0 saturated carbocycles. The third-order valence-corrected chi connectivity index (χ3v) is 2.97. The summed E-state index contributed by atoms with van der Waals surface area (Å²) in [6, 6.07) is 0.467. The lowest BCUT2D eigenvalue weighted by molar-refractivity contribution is 0.0811. The van der Waals surface area contributed by atoms with Gasteiger partial charge in [-0.15, -0.1) is 0 Å². The second-order valence-electron chi connectivity index (χ2n) is 6.48. The Morgan fingerprint density at radius 2 is 1.72 bits per heavy atom. The highest BCUT2D eigenvalue weighted by Gasteiger charge is 2.18. The maximum Gasteiger partial charge on any atom is 0.0791 e. The van der Waals surface area contributed by atoms with E-state index in [-0.39, 0.29) is 11.6 Å². The minimum absolute atomic E-state index is 0.0628. The predicted octanol–water partition coefficient (Wildman–Crippen LogP) is 1.01. The van der Waals surface area contributed by atoms with Crippen LogP contribution in [-0.4, -0.2) is 72.9 Å². The lowest BCUT2D eigenvalue weighted by Gasteiger charge is -2.32. The number of nitrogens with one attached hydrogen (secondary N) is 1. The molecule has 0 aromatic carbocycles. The highest BCUT2D eigenvalue weighted by atomic mass is 16.3. The largest absolute Gasteiger partial charge is 0.390 e. The summed E-state index contributed by atoms with van der Waals surface area (Å²) in [6.45, 7) is 14.1. The van der Waals surface area contributed by atoms with E-state index < -0.39 is 0 Å². The van der Waals surface area contributed by atoms with Gasteiger partial charge in [-0.05, 0) is 48.3 Å². The van der Waals surface area contributed by atoms with Crippen LogP contribution in [-0.2, 0) is 0 Å². The number of aliphatic hydroxyl groups excluding tert-OH is 1. The Morgan fingerprint density at radius 3 is 2.11 bits per heavy atom. The third kappa shape index (κ3) is 8.86. The molecule has 4 heteroatoms.